The molecule has 3 aromatic rings. The van der Waals surface area contributed by atoms with Crippen molar-refractivity contribution in [2.24, 2.45) is 0 Å². The van der Waals surface area contributed by atoms with Crippen molar-refractivity contribution in [1.29, 1.82) is 0 Å². The zero-order valence-corrected chi connectivity index (χ0v) is 16.4. The first-order valence-corrected chi connectivity index (χ1v) is 8.84. The molecule has 3 rings (SSSR count). The van der Waals surface area contributed by atoms with E-state index in [1.54, 1.807) is 26.8 Å². The van der Waals surface area contributed by atoms with E-state index in [0.717, 1.165) is 16.7 Å². The van der Waals surface area contributed by atoms with Gasteiger partial charge in [0.15, 0.2) is 0 Å². The number of benzene rings is 2. The number of carbonyl (C=O) groups excluding carboxylic acids is 1. The lowest BCUT2D eigenvalue weighted by Crippen LogP contribution is -2.26. The molecule has 0 unspecified atom stereocenters. The number of ether oxygens (including phenoxy) is 1. The number of esters is 1. The average Bonchev–Trinajstić information content (AvgIpc) is 2.64. The first kappa shape index (κ1) is 19.9. The van der Waals surface area contributed by atoms with Crippen LogP contribution in [0.25, 0.3) is 5.69 Å². The molecular formula is C21H19N3O5. The van der Waals surface area contributed by atoms with Crippen LogP contribution < -0.4 is 10.2 Å². The van der Waals surface area contributed by atoms with E-state index in [9.17, 15) is 19.7 Å². The summed E-state index contributed by atoms with van der Waals surface area (Å²) in [6.45, 7) is 7.11. The summed E-state index contributed by atoms with van der Waals surface area (Å²) < 4.78 is 6.66. The van der Waals surface area contributed by atoms with Crippen molar-refractivity contribution in [3.05, 3.63) is 90.9 Å². The van der Waals surface area contributed by atoms with Crippen LogP contribution in [0.4, 0.5) is 5.69 Å². The van der Waals surface area contributed by atoms with Gasteiger partial charge in [-0.05, 0) is 44.9 Å². The highest BCUT2D eigenvalue weighted by atomic mass is 16.6. The molecule has 1 heterocycles. The maximum atomic E-state index is 12.7. The van der Waals surface area contributed by atoms with Gasteiger partial charge in [-0.15, -0.1) is 0 Å². The second-order valence-electron chi connectivity index (χ2n) is 6.77. The van der Waals surface area contributed by atoms with Crippen molar-refractivity contribution in [3.63, 3.8) is 0 Å². The molecule has 0 fully saturated rings. The van der Waals surface area contributed by atoms with Crippen molar-refractivity contribution in [1.82, 2.24) is 9.78 Å². The van der Waals surface area contributed by atoms with Crippen molar-refractivity contribution in [2.75, 3.05) is 0 Å². The van der Waals surface area contributed by atoms with Gasteiger partial charge in [-0.3, -0.25) is 14.9 Å². The van der Waals surface area contributed by atoms with Crippen molar-refractivity contribution < 1.29 is 14.5 Å². The van der Waals surface area contributed by atoms with Crippen LogP contribution >= 0.6 is 0 Å². The molecule has 0 saturated heterocycles. The molecule has 0 aliphatic carbocycles. The van der Waals surface area contributed by atoms with Gasteiger partial charge in [0.2, 0.25) is 11.1 Å². The van der Waals surface area contributed by atoms with Crippen LogP contribution in [0.5, 0.6) is 5.75 Å². The molecule has 0 aliphatic rings. The Labute approximate surface area is 166 Å². The molecule has 0 N–H and O–H groups in total. The number of para-hydroxylation sites is 2. The Kier molecular flexibility index (Phi) is 5.27. The summed E-state index contributed by atoms with van der Waals surface area (Å²) in [7, 11) is 0. The Morgan fingerprint density at radius 1 is 1.07 bits per heavy atom. The Bertz CT molecular complexity index is 1170. The van der Waals surface area contributed by atoms with Gasteiger partial charge in [0.05, 0.1) is 4.92 Å². The third-order valence-electron chi connectivity index (χ3n) is 4.41. The number of nitro groups is 1. The second kappa shape index (κ2) is 7.67. The summed E-state index contributed by atoms with van der Waals surface area (Å²) in [6.07, 6.45) is 0. The molecule has 148 valence electrons. The third kappa shape index (κ3) is 3.91. The second-order valence-corrected chi connectivity index (χ2v) is 6.77. The Balaban J connectivity index is 2.09. The number of rotatable bonds is 4. The number of nitrogens with zero attached hydrogens (tertiary/aromatic N) is 3. The maximum Gasteiger partial charge on any atom is 0.368 e. The average molecular weight is 393 g/mol. The summed E-state index contributed by atoms with van der Waals surface area (Å²) in [5, 5.41) is 15.4. The predicted molar refractivity (Wildman–Crippen MR) is 107 cm³/mol. The maximum absolute atomic E-state index is 12.7. The summed E-state index contributed by atoms with van der Waals surface area (Å²) in [6, 6.07) is 10.9. The molecule has 0 spiro atoms. The van der Waals surface area contributed by atoms with Crippen LogP contribution in [0.3, 0.4) is 0 Å². The van der Waals surface area contributed by atoms with E-state index >= 15 is 0 Å². The van der Waals surface area contributed by atoms with Gasteiger partial charge >= 0.3 is 5.97 Å². The molecule has 8 nitrogen and oxygen atoms in total. The largest absolute Gasteiger partial charge is 0.421 e. The normalized spacial score (nSPS) is 10.6. The third-order valence-corrected chi connectivity index (χ3v) is 4.41. The standard InChI is InChI=1S/C21H19N3O5/c1-12-9-13(2)20(14(3)10-12)29-21(26)19-18(25)11-15(4)23(22-19)16-7-5-6-8-17(16)24(27)28/h5-11H,1-4H3. The van der Waals surface area contributed by atoms with Crippen molar-refractivity contribution >= 4 is 11.7 Å². The van der Waals surface area contributed by atoms with Gasteiger partial charge in [-0.2, -0.15) is 5.10 Å². The van der Waals surface area contributed by atoms with E-state index in [4.69, 9.17) is 4.74 Å². The summed E-state index contributed by atoms with van der Waals surface area (Å²) in [5.41, 5.74) is 1.75. The van der Waals surface area contributed by atoms with Gasteiger partial charge in [-0.25, -0.2) is 9.48 Å². The zero-order valence-electron chi connectivity index (χ0n) is 16.4. The lowest BCUT2D eigenvalue weighted by atomic mass is 10.1. The van der Waals surface area contributed by atoms with E-state index in [1.807, 2.05) is 19.1 Å². The van der Waals surface area contributed by atoms with Crippen LogP contribution in [-0.4, -0.2) is 20.7 Å². The Morgan fingerprint density at radius 2 is 1.69 bits per heavy atom. The van der Waals surface area contributed by atoms with Crippen molar-refractivity contribution in [3.8, 4) is 11.4 Å². The lowest BCUT2D eigenvalue weighted by molar-refractivity contribution is -0.384. The van der Waals surface area contributed by atoms with Gasteiger partial charge in [0, 0.05) is 17.8 Å². The minimum atomic E-state index is -0.919. The minimum Gasteiger partial charge on any atom is -0.421 e. The molecule has 1 aromatic heterocycles. The number of nitro benzene ring substituents is 1. The molecular weight excluding hydrogens is 374 g/mol. The Hall–Kier alpha value is -3.81. The van der Waals surface area contributed by atoms with Crippen LogP contribution in [0, 0.1) is 37.8 Å². The highest BCUT2D eigenvalue weighted by Gasteiger charge is 2.22. The van der Waals surface area contributed by atoms with E-state index in [1.165, 1.54) is 28.9 Å². The summed E-state index contributed by atoms with van der Waals surface area (Å²) >= 11 is 0. The summed E-state index contributed by atoms with van der Waals surface area (Å²) in [4.78, 5) is 35.9. The Morgan fingerprint density at radius 3 is 2.31 bits per heavy atom. The van der Waals surface area contributed by atoms with Gasteiger partial charge in [0.1, 0.15) is 11.4 Å². The fourth-order valence-corrected chi connectivity index (χ4v) is 3.20. The lowest BCUT2D eigenvalue weighted by Gasteiger charge is -2.13. The topological polar surface area (TPSA) is 104 Å². The van der Waals surface area contributed by atoms with Crippen molar-refractivity contribution in [2.45, 2.75) is 27.7 Å². The highest BCUT2D eigenvalue weighted by Crippen LogP contribution is 2.26. The summed E-state index contributed by atoms with van der Waals surface area (Å²) in [5.74, 6) is -0.558. The van der Waals surface area contributed by atoms with E-state index in [0.29, 0.717) is 11.4 Å². The van der Waals surface area contributed by atoms with Gasteiger partial charge in [0.25, 0.3) is 5.69 Å². The molecule has 0 bridgehead atoms. The minimum absolute atomic E-state index is 0.145. The molecule has 0 radical (unpaired) electrons. The van der Waals surface area contributed by atoms with Crippen LogP contribution in [-0.2, 0) is 0 Å². The quantitative estimate of drug-likeness (QED) is 0.290. The first-order valence-electron chi connectivity index (χ1n) is 8.84. The molecule has 0 atom stereocenters. The predicted octanol–water partition coefficient (Wildman–Crippen LogP) is 3.59. The van der Waals surface area contributed by atoms with E-state index in [2.05, 4.69) is 5.10 Å². The highest BCUT2D eigenvalue weighted by molar-refractivity contribution is 5.89. The number of carbonyl (C=O) groups is 1. The fourth-order valence-electron chi connectivity index (χ4n) is 3.20. The smallest absolute Gasteiger partial charge is 0.368 e. The molecule has 8 heteroatoms. The van der Waals surface area contributed by atoms with Crippen LogP contribution in [0.1, 0.15) is 32.9 Å². The molecule has 2 aromatic carbocycles. The molecule has 0 saturated carbocycles. The number of aromatic nitrogens is 2. The number of hydrogen-bond donors (Lipinski definition) is 0. The SMILES string of the molecule is Cc1cc(C)c(OC(=O)c2nn(-c3ccccc3[N+](=O)[O-])c(C)cc2=O)c(C)c1. The van der Waals surface area contributed by atoms with Gasteiger partial charge < -0.3 is 4.74 Å². The fraction of sp³-hybridized carbons (Fsp3) is 0.190. The van der Waals surface area contributed by atoms with E-state index in [-0.39, 0.29) is 11.4 Å². The number of aryl methyl sites for hydroxylation is 4. The van der Waals surface area contributed by atoms with Gasteiger partial charge in [-0.1, -0.05) is 29.8 Å². The monoisotopic (exact) mass is 393 g/mol. The number of hydrogen-bond acceptors (Lipinski definition) is 6. The molecule has 0 aliphatic heterocycles. The zero-order chi connectivity index (χ0) is 21.3. The van der Waals surface area contributed by atoms with Crippen LogP contribution in [0.15, 0.2) is 47.3 Å². The first-order chi connectivity index (χ1) is 13.7. The molecule has 0 amide bonds. The van der Waals surface area contributed by atoms with Crippen LogP contribution in [0.2, 0.25) is 0 Å². The van der Waals surface area contributed by atoms with E-state index < -0.39 is 22.0 Å². The molecule has 29 heavy (non-hydrogen) atoms.